The topological polar surface area (TPSA) is 58.6 Å². The van der Waals surface area contributed by atoms with Crippen molar-refractivity contribution in [1.29, 1.82) is 0 Å². The molecule has 76 valence electrons. The first kappa shape index (κ1) is 9.92. The third kappa shape index (κ3) is 2.44. The summed E-state index contributed by atoms with van der Waals surface area (Å²) in [4.78, 5) is 22.3. The van der Waals surface area contributed by atoms with Crippen LogP contribution in [0.25, 0.3) is 0 Å². The van der Waals surface area contributed by atoms with E-state index in [1.807, 2.05) is 0 Å². The number of hydrogen-bond donors (Lipinski definition) is 1. The first-order valence-electron chi connectivity index (χ1n) is 4.40. The molecular weight excluding hydrogens is 210 g/mol. The number of Topliss-reactive ketones (excluding diaryl/α,β-unsaturated/α-hetero) is 1. The molecule has 0 bridgehead atoms. The number of H-pyrrole nitrogens is 1. The highest BCUT2D eigenvalue weighted by Crippen LogP contribution is 2.22. The molecule has 0 saturated carbocycles. The maximum Gasteiger partial charge on any atom is 0.171 e. The largest absolute Gasteiger partial charge is 0.339 e. The van der Waals surface area contributed by atoms with E-state index in [4.69, 9.17) is 0 Å². The van der Waals surface area contributed by atoms with Crippen LogP contribution in [0.2, 0.25) is 0 Å². The molecular formula is C10H9N3OS. The second kappa shape index (κ2) is 4.27. The molecule has 0 spiro atoms. The summed E-state index contributed by atoms with van der Waals surface area (Å²) in [6.45, 7) is 1.54. The standard InChI is InChI=1S/C10H9N3OS/c1-7(14)8-2-3-11-9(6-8)15-10-12-4-5-13-10/h2-6H,1H3,(H,12,13). The highest BCUT2D eigenvalue weighted by atomic mass is 32.2. The number of aromatic amines is 1. The molecule has 2 heterocycles. The monoisotopic (exact) mass is 219 g/mol. The molecule has 0 aliphatic carbocycles. The summed E-state index contributed by atoms with van der Waals surface area (Å²) in [6, 6.07) is 3.46. The Morgan fingerprint density at radius 2 is 2.27 bits per heavy atom. The smallest absolute Gasteiger partial charge is 0.171 e. The Hall–Kier alpha value is -1.62. The summed E-state index contributed by atoms with van der Waals surface area (Å²) < 4.78 is 0. The van der Waals surface area contributed by atoms with Gasteiger partial charge in [-0.1, -0.05) is 0 Å². The molecule has 4 nitrogen and oxygen atoms in total. The molecule has 15 heavy (non-hydrogen) atoms. The van der Waals surface area contributed by atoms with Gasteiger partial charge in [-0.15, -0.1) is 0 Å². The maximum atomic E-state index is 11.1. The van der Waals surface area contributed by atoms with Crippen molar-refractivity contribution in [3.05, 3.63) is 36.3 Å². The van der Waals surface area contributed by atoms with Gasteiger partial charge < -0.3 is 4.98 Å². The first-order chi connectivity index (χ1) is 7.25. The van der Waals surface area contributed by atoms with Gasteiger partial charge in [0.25, 0.3) is 0 Å². The van der Waals surface area contributed by atoms with E-state index in [0.717, 1.165) is 10.2 Å². The summed E-state index contributed by atoms with van der Waals surface area (Å²) in [7, 11) is 0. The van der Waals surface area contributed by atoms with Crippen LogP contribution in [0.3, 0.4) is 0 Å². The van der Waals surface area contributed by atoms with E-state index in [-0.39, 0.29) is 5.78 Å². The van der Waals surface area contributed by atoms with Crippen molar-refractivity contribution in [2.24, 2.45) is 0 Å². The van der Waals surface area contributed by atoms with Crippen LogP contribution in [-0.4, -0.2) is 20.7 Å². The fourth-order valence-corrected chi connectivity index (χ4v) is 1.83. The lowest BCUT2D eigenvalue weighted by Crippen LogP contribution is -1.93. The molecule has 0 fully saturated rings. The van der Waals surface area contributed by atoms with Crippen molar-refractivity contribution in [3.8, 4) is 0 Å². The lowest BCUT2D eigenvalue weighted by Gasteiger charge is -1.99. The zero-order valence-electron chi connectivity index (χ0n) is 8.10. The third-order valence-corrected chi connectivity index (χ3v) is 2.66. The van der Waals surface area contributed by atoms with E-state index < -0.39 is 0 Å². The van der Waals surface area contributed by atoms with Crippen molar-refractivity contribution in [2.45, 2.75) is 17.1 Å². The summed E-state index contributed by atoms with van der Waals surface area (Å²) in [5.74, 6) is 0.0405. The van der Waals surface area contributed by atoms with Crippen LogP contribution in [0.1, 0.15) is 17.3 Å². The van der Waals surface area contributed by atoms with Gasteiger partial charge in [0, 0.05) is 24.2 Å². The highest BCUT2D eigenvalue weighted by molar-refractivity contribution is 7.99. The van der Waals surface area contributed by atoms with Crippen LogP contribution in [0.4, 0.5) is 0 Å². The number of imidazole rings is 1. The van der Waals surface area contributed by atoms with Gasteiger partial charge >= 0.3 is 0 Å². The van der Waals surface area contributed by atoms with Gasteiger partial charge in [0.05, 0.1) is 0 Å². The molecule has 0 atom stereocenters. The molecule has 5 heteroatoms. The van der Waals surface area contributed by atoms with Crippen LogP contribution in [0, 0.1) is 0 Å². The number of rotatable bonds is 3. The van der Waals surface area contributed by atoms with E-state index in [2.05, 4.69) is 15.0 Å². The fourth-order valence-electron chi connectivity index (χ4n) is 1.09. The van der Waals surface area contributed by atoms with Crippen molar-refractivity contribution >= 4 is 17.5 Å². The molecule has 0 aromatic carbocycles. The van der Waals surface area contributed by atoms with Crippen LogP contribution >= 0.6 is 11.8 Å². The molecule has 2 rings (SSSR count). The Labute approximate surface area is 91.2 Å². The van der Waals surface area contributed by atoms with E-state index >= 15 is 0 Å². The van der Waals surface area contributed by atoms with E-state index in [1.165, 1.54) is 18.7 Å². The second-order valence-electron chi connectivity index (χ2n) is 2.94. The number of hydrogen-bond acceptors (Lipinski definition) is 4. The van der Waals surface area contributed by atoms with Crippen LogP contribution in [-0.2, 0) is 0 Å². The van der Waals surface area contributed by atoms with E-state index in [9.17, 15) is 4.79 Å². The highest BCUT2D eigenvalue weighted by Gasteiger charge is 2.04. The van der Waals surface area contributed by atoms with Crippen LogP contribution < -0.4 is 0 Å². The molecule has 0 aliphatic rings. The molecule has 2 aromatic rings. The Balaban J connectivity index is 2.22. The molecule has 0 radical (unpaired) electrons. The van der Waals surface area contributed by atoms with Crippen molar-refractivity contribution < 1.29 is 4.79 Å². The van der Waals surface area contributed by atoms with Crippen molar-refractivity contribution in [1.82, 2.24) is 15.0 Å². The number of carbonyl (C=O) groups is 1. The zero-order valence-corrected chi connectivity index (χ0v) is 8.91. The van der Waals surface area contributed by atoms with Gasteiger partial charge in [0.15, 0.2) is 10.9 Å². The normalized spacial score (nSPS) is 10.2. The van der Waals surface area contributed by atoms with Crippen molar-refractivity contribution in [3.63, 3.8) is 0 Å². The molecule has 2 aromatic heterocycles. The van der Waals surface area contributed by atoms with Crippen molar-refractivity contribution in [2.75, 3.05) is 0 Å². The first-order valence-corrected chi connectivity index (χ1v) is 5.21. The Kier molecular flexibility index (Phi) is 2.82. The molecule has 0 aliphatic heterocycles. The van der Waals surface area contributed by atoms with E-state index in [0.29, 0.717) is 5.56 Å². The number of pyridine rings is 1. The summed E-state index contributed by atoms with van der Waals surface area (Å²) in [5.41, 5.74) is 0.666. The summed E-state index contributed by atoms with van der Waals surface area (Å²) >= 11 is 1.40. The Morgan fingerprint density at radius 3 is 2.93 bits per heavy atom. The Bertz CT molecular complexity index is 467. The molecule has 0 unspecified atom stereocenters. The van der Waals surface area contributed by atoms with Gasteiger partial charge in [-0.25, -0.2) is 9.97 Å². The number of nitrogens with zero attached hydrogens (tertiary/aromatic N) is 2. The lowest BCUT2D eigenvalue weighted by atomic mass is 10.2. The van der Waals surface area contributed by atoms with Gasteiger partial charge in [0.1, 0.15) is 5.03 Å². The lowest BCUT2D eigenvalue weighted by molar-refractivity contribution is 0.101. The average Bonchev–Trinajstić information content (AvgIpc) is 2.71. The number of nitrogens with one attached hydrogen (secondary N) is 1. The predicted molar refractivity (Wildman–Crippen MR) is 57.0 cm³/mol. The van der Waals surface area contributed by atoms with E-state index in [1.54, 1.807) is 30.7 Å². The SMILES string of the molecule is CC(=O)c1ccnc(Sc2ncc[nH]2)c1. The maximum absolute atomic E-state index is 11.1. The number of carbonyl (C=O) groups excluding carboxylic acids is 1. The molecule has 0 amide bonds. The van der Waals surface area contributed by atoms with Gasteiger partial charge in [-0.05, 0) is 30.8 Å². The quantitative estimate of drug-likeness (QED) is 0.804. The minimum atomic E-state index is 0.0405. The molecule has 0 saturated heterocycles. The fraction of sp³-hybridized carbons (Fsp3) is 0.100. The minimum absolute atomic E-state index is 0.0405. The van der Waals surface area contributed by atoms with Crippen LogP contribution in [0.15, 0.2) is 40.9 Å². The molecule has 1 N–H and O–H groups in total. The third-order valence-electron chi connectivity index (χ3n) is 1.82. The number of ketones is 1. The summed E-state index contributed by atoms with van der Waals surface area (Å²) in [6.07, 6.45) is 5.05. The number of aromatic nitrogens is 3. The zero-order chi connectivity index (χ0) is 10.7. The van der Waals surface area contributed by atoms with Gasteiger partial charge in [0.2, 0.25) is 0 Å². The average molecular weight is 219 g/mol. The minimum Gasteiger partial charge on any atom is -0.339 e. The Morgan fingerprint density at radius 1 is 1.40 bits per heavy atom. The van der Waals surface area contributed by atoms with Crippen LogP contribution in [0.5, 0.6) is 0 Å². The second-order valence-corrected chi connectivity index (χ2v) is 3.94. The summed E-state index contributed by atoms with van der Waals surface area (Å²) in [5, 5.41) is 1.53. The van der Waals surface area contributed by atoms with Gasteiger partial charge in [-0.3, -0.25) is 4.79 Å². The predicted octanol–water partition coefficient (Wildman–Crippen LogP) is 2.16. The van der Waals surface area contributed by atoms with Gasteiger partial charge in [-0.2, -0.15) is 0 Å².